The zero-order chi connectivity index (χ0) is 28.2. The van der Waals surface area contributed by atoms with Crippen LogP contribution < -0.4 is 5.32 Å². The monoisotopic (exact) mass is 580 g/mol. The number of fused-ring (bicyclic) bond motifs is 1. The predicted octanol–water partition coefficient (Wildman–Crippen LogP) is 5.52. The van der Waals surface area contributed by atoms with E-state index in [-0.39, 0.29) is 29.3 Å². The molecule has 3 aromatic carbocycles. The standard InChI is InChI=1S/C33H28N2O4S2/c36-27(19-22-11-4-1-5-12-22)34-28-31(37)35-29(25(21-41-32(28)35)20-26-17-10-18-40-26)33(38)39-30(23-13-6-2-7-14-23)24-15-8-3-9-16-24/h1-18,28,30,32H,19-21H2,(H,34,36). The van der Waals surface area contributed by atoms with Crippen molar-refractivity contribution in [3.05, 3.63) is 141 Å². The molecule has 2 amide bonds. The number of benzene rings is 3. The summed E-state index contributed by atoms with van der Waals surface area (Å²) in [5.74, 6) is -0.499. The minimum absolute atomic E-state index is 0.187. The highest BCUT2D eigenvalue weighted by Gasteiger charge is 2.54. The second-order valence-electron chi connectivity index (χ2n) is 9.93. The van der Waals surface area contributed by atoms with Crippen LogP contribution in [-0.2, 0) is 32.0 Å². The SMILES string of the molecule is O=C(Cc1ccccc1)NC1C(=O)N2C(C(=O)OC(c3ccccc3)c3ccccc3)=C(Cc3cccs3)CSC12. The Labute approximate surface area is 247 Å². The number of nitrogens with one attached hydrogen (secondary N) is 1. The Morgan fingerprint density at radius 1 is 0.878 bits per heavy atom. The van der Waals surface area contributed by atoms with E-state index in [1.807, 2.05) is 109 Å². The van der Waals surface area contributed by atoms with Crippen molar-refractivity contribution in [3.8, 4) is 0 Å². The van der Waals surface area contributed by atoms with Gasteiger partial charge in [-0.3, -0.25) is 14.5 Å². The van der Waals surface area contributed by atoms with Crippen LogP contribution in [0.2, 0.25) is 0 Å². The van der Waals surface area contributed by atoms with Gasteiger partial charge in [-0.15, -0.1) is 23.1 Å². The van der Waals surface area contributed by atoms with Crippen LogP contribution in [0, 0.1) is 0 Å². The van der Waals surface area contributed by atoms with E-state index in [1.165, 1.54) is 4.90 Å². The van der Waals surface area contributed by atoms with Gasteiger partial charge in [0.25, 0.3) is 5.91 Å². The molecule has 2 atom stereocenters. The number of ether oxygens (including phenoxy) is 1. The van der Waals surface area contributed by atoms with Gasteiger partial charge in [-0.1, -0.05) is 97.1 Å². The molecule has 8 heteroatoms. The largest absolute Gasteiger partial charge is 0.448 e. The zero-order valence-corrected chi connectivity index (χ0v) is 23.8. The summed E-state index contributed by atoms with van der Waals surface area (Å²) < 4.78 is 6.22. The van der Waals surface area contributed by atoms with Crippen LogP contribution in [0.1, 0.15) is 27.7 Å². The Morgan fingerprint density at radius 3 is 2.12 bits per heavy atom. The van der Waals surface area contributed by atoms with Gasteiger partial charge in [-0.2, -0.15) is 0 Å². The molecule has 41 heavy (non-hydrogen) atoms. The number of nitrogens with zero attached hydrogens (tertiary/aromatic N) is 1. The average Bonchev–Trinajstić information content (AvgIpc) is 3.53. The molecule has 206 valence electrons. The summed E-state index contributed by atoms with van der Waals surface area (Å²) in [6.45, 7) is 0. The molecule has 1 N–H and O–H groups in total. The number of β-lactam (4-membered cyclic amide) rings is 1. The molecule has 0 spiro atoms. The second kappa shape index (κ2) is 12.2. The van der Waals surface area contributed by atoms with Gasteiger partial charge in [0.15, 0.2) is 6.10 Å². The lowest BCUT2D eigenvalue weighted by atomic mass is 9.99. The van der Waals surface area contributed by atoms with E-state index in [9.17, 15) is 14.4 Å². The molecule has 0 radical (unpaired) electrons. The van der Waals surface area contributed by atoms with E-state index < -0.39 is 18.1 Å². The molecule has 1 fully saturated rings. The van der Waals surface area contributed by atoms with Crippen molar-refractivity contribution in [3.63, 3.8) is 0 Å². The number of thioether (sulfide) groups is 1. The first-order valence-corrected chi connectivity index (χ1v) is 15.3. The van der Waals surface area contributed by atoms with Gasteiger partial charge < -0.3 is 10.1 Å². The molecule has 2 aliphatic rings. The van der Waals surface area contributed by atoms with Crippen LogP contribution >= 0.6 is 23.1 Å². The van der Waals surface area contributed by atoms with Crippen molar-refractivity contribution < 1.29 is 19.1 Å². The Morgan fingerprint density at radius 2 is 1.51 bits per heavy atom. The third-order valence-corrected chi connectivity index (χ3v) is 9.38. The third kappa shape index (κ3) is 5.85. The molecule has 0 bridgehead atoms. The number of esters is 1. The van der Waals surface area contributed by atoms with E-state index in [1.54, 1.807) is 23.1 Å². The van der Waals surface area contributed by atoms with E-state index in [0.29, 0.717) is 12.2 Å². The molecular weight excluding hydrogens is 553 g/mol. The summed E-state index contributed by atoms with van der Waals surface area (Å²) >= 11 is 3.18. The molecule has 0 saturated carbocycles. The number of hydrogen-bond donors (Lipinski definition) is 1. The predicted molar refractivity (Wildman–Crippen MR) is 161 cm³/mol. The van der Waals surface area contributed by atoms with Crippen molar-refractivity contribution in [2.45, 2.75) is 30.4 Å². The van der Waals surface area contributed by atoms with Gasteiger partial charge in [-0.25, -0.2) is 4.79 Å². The number of carbonyl (C=O) groups is 3. The van der Waals surface area contributed by atoms with Gasteiger partial charge >= 0.3 is 5.97 Å². The smallest absolute Gasteiger partial charge is 0.356 e. The van der Waals surface area contributed by atoms with Crippen LogP contribution in [0.3, 0.4) is 0 Å². The summed E-state index contributed by atoms with van der Waals surface area (Å²) in [5, 5.41) is 4.53. The van der Waals surface area contributed by atoms with Crippen LogP contribution in [0.4, 0.5) is 0 Å². The van der Waals surface area contributed by atoms with Crippen molar-refractivity contribution in [1.82, 2.24) is 10.2 Å². The third-order valence-electron chi connectivity index (χ3n) is 7.16. The first-order valence-electron chi connectivity index (χ1n) is 13.4. The molecular formula is C33H28N2O4S2. The van der Waals surface area contributed by atoms with Crippen molar-refractivity contribution in [1.29, 1.82) is 0 Å². The molecule has 4 aromatic rings. The van der Waals surface area contributed by atoms with Gasteiger partial charge in [0.2, 0.25) is 5.91 Å². The fourth-order valence-corrected chi connectivity index (χ4v) is 7.28. The number of carbonyl (C=O) groups excluding carboxylic acids is 3. The second-order valence-corrected chi connectivity index (χ2v) is 12.1. The van der Waals surface area contributed by atoms with Crippen molar-refractivity contribution in [2.24, 2.45) is 0 Å². The number of thiophene rings is 1. The summed E-state index contributed by atoms with van der Waals surface area (Å²) in [5.41, 5.74) is 3.70. The highest BCUT2D eigenvalue weighted by atomic mass is 32.2. The van der Waals surface area contributed by atoms with Gasteiger partial charge in [0.1, 0.15) is 17.1 Å². The van der Waals surface area contributed by atoms with E-state index >= 15 is 0 Å². The van der Waals surface area contributed by atoms with Crippen LogP contribution in [0.15, 0.2) is 120 Å². The van der Waals surface area contributed by atoms with E-state index in [2.05, 4.69) is 5.32 Å². The Hall–Kier alpha value is -4.14. The molecule has 1 saturated heterocycles. The summed E-state index contributed by atoms with van der Waals surface area (Å²) in [4.78, 5) is 43.0. The van der Waals surface area contributed by atoms with Crippen molar-refractivity contribution in [2.75, 3.05) is 5.75 Å². The van der Waals surface area contributed by atoms with Crippen LogP contribution in [0.25, 0.3) is 0 Å². The van der Waals surface area contributed by atoms with E-state index in [4.69, 9.17) is 4.74 Å². The highest BCUT2D eigenvalue weighted by Crippen LogP contribution is 2.42. The topological polar surface area (TPSA) is 75.7 Å². The van der Waals surface area contributed by atoms with Crippen LogP contribution in [-0.4, -0.2) is 39.9 Å². The lowest BCUT2D eigenvalue weighted by Crippen LogP contribution is -2.70. The van der Waals surface area contributed by atoms with Gasteiger partial charge in [0.05, 0.1) is 6.42 Å². The Kier molecular flexibility index (Phi) is 8.02. The first-order chi connectivity index (χ1) is 20.1. The maximum atomic E-state index is 14.0. The molecule has 6 nitrogen and oxygen atoms in total. The fourth-order valence-electron chi connectivity index (χ4n) is 5.18. The summed E-state index contributed by atoms with van der Waals surface area (Å²) in [6.07, 6.45) is 0.107. The molecule has 0 aliphatic carbocycles. The Balaban J connectivity index is 1.27. The molecule has 3 heterocycles. The van der Waals surface area contributed by atoms with Gasteiger partial charge in [-0.05, 0) is 33.7 Å². The number of hydrogen-bond acceptors (Lipinski definition) is 6. The number of amides is 2. The van der Waals surface area contributed by atoms with Crippen LogP contribution in [0.5, 0.6) is 0 Å². The molecule has 2 unspecified atom stereocenters. The maximum Gasteiger partial charge on any atom is 0.356 e. The minimum Gasteiger partial charge on any atom is -0.448 e. The molecule has 1 aromatic heterocycles. The Bertz CT molecular complexity index is 1520. The van der Waals surface area contributed by atoms with E-state index in [0.717, 1.165) is 27.1 Å². The summed E-state index contributed by atoms with van der Waals surface area (Å²) in [6, 6.07) is 31.9. The lowest BCUT2D eigenvalue weighted by molar-refractivity contribution is -0.154. The molecule has 2 aliphatic heterocycles. The average molecular weight is 581 g/mol. The van der Waals surface area contributed by atoms with Gasteiger partial charge in [0, 0.05) is 17.1 Å². The number of rotatable bonds is 9. The lowest BCUT2D eigenvalue weighted by Gasteiger charge is -2.50. The first kappa shape index (κ1) is 27.1. The summed E-state index contributed by atoms with van der Waals surface area (Å²) in [7, 11) is 0. The quantitative estimate of drug-likeness (QED) is 0.209. The maximum absolute atomic E-state index is 14.0. The highest BCUT2D eigenvalue weighted by molar-refractivity contribution is 8.00. The molecule has 6 rings (SSSR count). The normalized spacial score (nSPS) is 18.1. The zero-order valence-electron chi connectivity index (χ0n) is 22.1. The minimum atomic E-state index is -0.693. The fraction of sp³-hybridized carbons (Fsp3) is 0.182. The van der Waals surface area contributed by atoms with Crippen molar-refractivity contribution >= 4 is 40.9 Å².